The van der Waals surface area contributed by atoms with Gasteiger partial charge < -0.3 is 14.8 Å². The Labute approximate surface area is 160 Å². The summed E-state index contributed by atoms with van der Waals surface area (Å²) in [5.74, 6) is 1.72. The number of ether oxygens (including phenoxy) is 2. The molecule has 0 saturated heterocycles. The molecule has 26 heavy (non-hydrogen) atoms. The summed E-state index contributed by atoms with van der Waals surface area (Å²) in [4.78, 5) is 12.4. The monoisotopic (exact) mass is 375 g/mol. The van der Waals surface area contributed by atoms with Crippen molar-refractivity contribution in [1.29, 1.82) is 0 Å². The van der Waals surface area contributed by atoms with Crippen LogP contribution >= 0.6 is 11.6 Å². The lowest BCUT2D eigenvalue weighted by Gasteiger charge is -2.21. The largest absolute Gasteiger partial charge is 0.497 e. The molecule has 1 unspecified atom stereocenters. The van der Waals surface area contributed by atoms with Gasteiger partial charge >= 0.3 is 0 Å². The van der Waals surface area contributed by atoms with Gasteiger partial charge in [-0.15, -0.1) is 0 Å². The van der Waals surface area contributed by atoms with Crippen LogP contribution in [0.15, 0.2) is 42.5 Å². The highest BCUT2D eigenvalue weighted by molar-refractivity contribution is 6.31. The van der Waals surface area contributed by atoms with Gasteiger partial charge in [0.05, 0.1) is 13.2 Å². The number of amides is 1. The highest BCUT2D eigenvalue weighted by atomic mass is 35.5. The number of benzene rings is 2. The normalized spacial score (nSPS) is 11.9. The minimum atomic E-state index is -0.154. The Morgan fingerprint density at radius 2 is 1.77 bits per heavy atom. The summed E-state index contributed by atoms with van der Waals surface area (Å²) in [7, 11) is 1.64. The van der Waals surface area contributed by atoms with Gasteiger partial charge in [0.15, 0.2) is 6.61 Å². The highest BCUT2D eigenvalue weighted by Gasteiger charge is 2.17. The minimum absolute atomic E-state index is 0.0359. The second kappa shape index (κ2) is 9.48. The van der Waals surface area contributed by atoms with Gasteiger partial charge in [0.1, 0.15) is 11.5 Å². The average Bonchev–Trinajstić information content (AvgIpc) is 2.62. The summed E-state index contributed by atoms with van der Waals surface area (Å²) < 4.78 is 10.8. The number of carbonyl (C=O) groups is 1. The van der Waals surface area contributed by atoms with Crippen molar-refractivity contribution in [3.63, 3.8) is 0 Å². The van der Waals surface area contributed by atoms with Gasteiger partial charge in [-0.1, -0.05) is 37.6 Å². The van der Waals surface area contributed by atoms with Gasteiger partial charge in [0, 0.05) is 5.02 Å². The molecule has 2 aromatic rings. The number of hydrogen-bond acceptors (Lipinski definition) is 3. The molecule has 0 spiro atoms. The van der Waals surface area contributed by atoms with Crippen LogP contribution in [0.3, 0.4) is 0 Å². The first-order chi connectivity index (χ1) is 12.4. The zero-order valence-corrected chi connectivity index (χ0v) is 16.5. The molecule has 2 rings (SSSR count). The number of aryl methyl sites for hydroxylation is 1. The quantitative estimate of drug-likeness (QED) is 0.710. The van der Waals surface area contributed by atoms with E-state index in [1.807, 2.05) is 37.3 Å². The number of rotatable bonds is 8. The van der Waals surface area contributed by atoms with Crippen molar-refractivity contribution in [3.8, 4) is 11.5 Å². The molecule has 0 aliphatic carbocycles. The summed E-state index contributed by atoms with van der Waals surface area (Å²) >= 11 is 6.01. The molecule has 0 bridgehead atoms. The molecule has 0 radical (unpaired) electrons. The Morgan fingerprint density at radius 3 is 2.35 bits per heavy atom. The van der Waals surface area contributed by atoms with Crippen LogP contribution < -0.4 is 14.8 Å². The SMILES string of the molecule is COc1ccc(C(CC(C)C)NC(=O)COc2ccc(Cl)c(C)c2)cc1. The van der Waals surface area contributed by atoms with Gasteiger partial charge in [0.25, 0.3) is 5.91 Å². The molecule has 1 atom stereocenters. The van der Waals surface area contributed by atoms with Crippen LogP contribution in [0.25, 0.3) is 0 Å². The standard InChI is InChI=1S/C21H26ClNO3/c1-14(2)11-20(16-5-7-17(25-4)8-6-16)23-21(24)13-26-18-9-10-19(22)15(3)12-18/h5-10,12,14,20H,11,13H2,1-4H3,(H,23,24). The van der Waals surface area contributed by atoms with Crippen molar-refractivity contribution in [2.24, 2.45) is 5.92 Å². The number of hydrogen-bond donors (Lipinski definition) is 1. The average molecular weight is 376 g/mol. The maximum atomic E-state index is 12.4. The molecule has 0 aliphatic rings. The van der Waals surface area contributed by atoms with Crippen LogP contribution in [0.1, 0.15) is 37.4 Å². The fraction of sp³-hybridized carbons (Fsp3) is 0.381. The third-order valence-electron chi connectivity index (χ3n) is 4.06. The molecule has 1 amide bonds. The molecular weight excluding hydrogens is 350 g/mol. The lowest BCUT2D eigenvalue weighted by molar-refractivity contribution is -0.124. The zero-order chi connectivity index (χ0) is 19.1. The fourth-order valence-corrected chi connectivity index (χ4v) is 2.80. The number of halogens is 1. The molecule has 0 aromatic heterocycles. The topological polar surface area (TPSA) is 47.6 Å². The van der Waals surface area contributed by atoms with E-state index in [2.05, 4.69) is 19.2 Å². The Bertz CT molecular complexity index is 729. The van der Waals surface area contributed by atoms with Crippen LogP contribution in [-0.2, 0) is 4.79 Å². The van der Waals surface area contributed by atoms with Crippen molar-refractivity contribution in [3.05, 3.63) is 58.6 Å². The van der Waals surface area contributed by atoms with E-state index < -0.39 is 0 Å². The molecule has 0 saturated carbocycles. The summed E-state index contributed by atoms with van der Waals surface area (Å²) in [6, 6.07) is 13.1. The fourth-order valence-electron chi connectivity index (χ4n) is 2.68. The van der Waals surface area contributed by atoms with E-state index in [1.54, 1.807) is 19.2 Å². The molecule has 1 N–H and O–H groups in total. The van der Waals surface area contributed by atoms with Crippen LogP contribution in [0.2, 0.25) is 5.02 Å². The van der Waals surface area contributed by atoms with E-state index in [9.17, 15) is 4.79 Å². The molecule has 140 valence electrons. The van der Waals surface area contributed by atoms with E-state index in [4.69, 9.17) is 21.1 Å². The predicted molar refractivity (Wildman–Crippen MR) is 105 cm³/mol. The number of carbonyl (C=O) groups excluding carboxylic acids is 1. The lowest BCUT2D eigenvalue weighted by atomic mass is 9.97. The number of methoxy groups -OCH3 is 1. The summed E-state index contributed by atoms with van der Waals surface area (Å²) in [5, 5.41) is 3.75. The van der Waals surface area contributed by atoms with Crippen molar-refractivity contribution in [2.75, 3.05) is 13.7 Å². The summed E-state index contributed by atoms with van der Waals surface area (Å²) in [6.45, 7) is 6.13. The molecule has 0 aliphatic heterocycles. The molecule has 5 heteroatoms. The first-order valence-corrected chi connectivity index (χ1v) is 9.09. The molecule has 2 aromatic carbocycles. The van der Waals surface area contributed by atoms with Crippen molar-refractivity contribution in [1.82, 2.24) is 5.32 Å². The Kier molecular flexibility index (Phi) is 7.34. The maximum Gasteiger partial charge on any atom is 0.258 e. The van der Waals surface area contributed by atoms with E-state index in [0.29, 0.717) is 16.7 Å². The molecular formula is C21H26ClNO3. The van der Waals surface area contributed by atoms with Crippen LogP contribution in [-0.4, -0.2) is 19.6 Å². The highest BCUT2D eigenvalue weighted by Crippen LogP contribution is 2.24. The van der Waals surface area contributed by atoms with Gasteiger partial charge in [-0.05, 0) is 60.7 Å². The smallest absolute Gasteiger partial charge is 0.258 e. The Balaban J connectivity index is 1.99. The van der Waals surface area contributed by atoms with Crippen molar-refractivity contribution >= 4 is 17.5 Å². The second-order valence-corrected chi connectivity index (χ2v) is 7.13. The lowest BCUT2D eigenvalue weighted by Crippen LogP contribution is -2.33. The summed E-state index contributed by atoms with van der Waals surface area (Å²) in [5.41, 5.74) is 1.97. The van der Waals surface area contributed by atoms with Crippen LogP contribution in [0.5, 0.6) is 11.5 Å². The van der Waals surface area contributed by atoms with Gasteiger partial charge in [-0.3, -0.25) is 4.79 Å². The molecule has 0 heterocycles. The Morgan fingerprint density at radius 1 is 1.12 bits per heavy atom. The van der Waals surface area contributed by atoms with Crippen LogP contribution in [0.4, 0.5) is 0 Å². The molecule has 0 fully saturated rings. The maximum absolute atomic E-state index is 12.4. The van der Waals surface area contributed by atoms with E-state index in [-0.39, 0.29) is 18.6 Å². The van der Waals surface area contributed by atoms with E-state index in [1.165, 1.54) is 0 Å². The van der Waals surface area contributed by atoms with E-state index >= 15 is 0 Å². The van der Waals surface area contributed by atoms with Crippen LogP contribution in [0, 0.1) is 12.8 Å². The second-order valence-electron chi connectivity index (χ2n) is 6.72. The molecule has 4 nitrogen and oxygen atoms in total. The van der Waals surface area contributed by atoms with Crippen molar-refractivity contribution < 1.29 is 14.3 Å². The first-order valence-electron chi connectivity index (χ1n) is 8.71. The Hall–Kier alpha value is -2.20. The predicted octanol–water partition coefficient (Wildman–Crippen LogP) is 4.94. The van der Waals surface area contributed by atoms with Gasteiger partial charge in [0.2, 0.25) is 0 Å². The summed E-state index contributed by atoms with van der Waals surface area (Å²) in [6.07, 6.45) is 0.845. The first kappa shape index (κ1) is 20.1. The van der Waals surface area contributed by atoms with E-state index in [0.717, 1.165) is 23.3 Å². The van der Waals surface area contributed by atoms with Gasteiger partial charge in [-0.25, -0.2) is 0 Å². The minimum Gasteiger partial charge on any atom is -0.497 e. The van der Waals surface area contributed by atoms with Gasteiger partial charge in [-0.2, -0.15) is 0 Å². The van der Waals surface area contributed by atoms with Crippen molar-refractivity contribution in [2.45, 2.75) is 33.2 Å². The number of nitrogens with one attached hydrogen (secondary N) is 1. The third kappa shape index (κ3) is 5.95. The third-order valence-corrected chi connectivity index (χ3v) is 4.48. The zero-order valence-electron chi connectivity index (χ0n) is 15.7.